The molecular formula is C28H24N2O4S. The van der Waals surface area contributed by atoms with E-state index in [9.17, 15) is 14.7 Å². The monoisotopic (exact) mass is 484 g/mol. The van der Waals surface area contributed by atoms with E-state index in [2.05, 4.69) is 4.98 Å². The van der Waals surface area contributed by atoms with Gasteiger partial charge in [0.1, 0.15) is 11.5 Å². The molecule has 7 heteroatoms. The number of aliphatic hydroxyl groups is 1. The second-order valence-corrected chi connectivity index (χ2v) is 9.43. The Morgan fingerprint density at radius 2 is 1.86 bits per heavy atom. The zero-order chi connectivity index (χ0) is 24.5. The Balaban J connectivity index is 1.67. The quantitative estimate of drug-likeness (QED) is 0.206. The lowest BCUT2D eigenvalue weighted by Crippen LogP contribution is -2.29. The summed E-state index contributed by atoms with van der Waals surface area (Å²) >= 11 is 1.35. The molecule has 176 valence electrons. The fourth-order valence-electron chi connectivity index (χ4n) is 4.21. The van der Waals surface area contributed by atoms with Gasteiger partial charge >= 0.3 is 5.91 Å². The minimum absolute atomic E-state index is 0.0317. The molecule has 1 N–H and O–H groups in total. The molecular weight excluding hydrogens is 460 g/mol. The molecule has 1 fully saturated rings. The van der Waals surface area contributed by atoms with E-state index >= 15 is 0 Å². The number of aliphatic hydroxyl groups excluding tert-OH is 1. The van der Waals surface area contributed by atoms with Crippen LogP contribution < -0.4 is 9.64 Å². The number of Topliss-reactive ketones (excluding diaryl/α,β-unsaturated/α-hetero) is 1. The van der Waals surface area contributed by atoms with Crippen LogP contribution in [-0.2, 0) is 9.59 Å². The number of aromatic nitrogens is 1. The zero-order valence-electron chi connectivity index (χ0n) is 19.4. The summed E-state index contributed by atoms with van der Waals surface area (Å²) in [7, 11) is 0. The van der Waals surface area contributed by atoms with Crippen LogP contribution in [-0.4, -0.2) is 28.4 Å². The number of ketones is 1. The second-order valence-electron chi connectivity index (χ2n) is 8.42. The molecule has 0 saturated carbocycles. The number of anilines is 1. The Bertz CT molecular complexity index is 1460. The van der Waals surface area contributed by atoms with Crippen molar-refractivity contribution in [2.24, 2.45) is 0 Å². The molecule has 1 aliphatic rings. The van der Waals surface area contributed by atoms with Gasteiger partial charge in [-0.05, 0) is 48.7 Å². The molecule has 1 atom stereocenters. The van der Waals surface area contributed by atoms with Gasteiger partial charge in [0.2, 0.25) is 0 Å². The number of carbonyl (C=O) groups is 2. The molecule has 3 aromatic carbocycles. The second kappa shape index (κ2) is 9.35. The molecule has 1 aliphatic heterocycles. The third kappa shape index (κ3) is 4.19. The molecule has 6 nitrogen and oxygen atoms in total. The van der Waals surface area contributed by atoms with Crippen LogP contribution in [0.5, 0.6) is 5.75 Å². The van der Waals surface area contributed by atoms with E-state index < -0.39 is 17.7 Å². The van der Waals surface area contributed by atoms with Gasteiger partial charge < -0.3 is 9.84 Å². The predicted molar refractivity (Wildman–Crippen MR) is 138 cm³/mol. The summed E-state index contributed by atoms with van der Waals surface area (Å²) in [4.78, 5) is 32.8. The lowest BCUT2D eigenvalue weighted by atomic mass is 9.95. The van der Waals surface area contributed by atoms with Crippen molar-refractivity contribution in [2.45, 2.75) is 26.3 Å². The Morgan fingerprint density at radius 1 is 1.06 bits per heavy atom. The van der Waals surface area contributed by atoms with Gasteiger partial charge in [0.15, 0.2) is 5.13 Å². The van der Waals surface area contributed by atoms with Crippen molar-refractivity contribution in [1.82, 2.24) is 4.98 Å². The summed E-state index contributed by atoms with van der Waals surface area (Å²) in [5.41, 5.74) is 2.99. The van der Waals surface area contributed by atoms with Crippen molar-refractivity contribution < 1.29 is 19.4 Å². The molecule has 5 rings (SSSR count). The standard InChI is InChI=1S/C28H24N2O4S/c1-3-14-34-20-11-7-10-19(16-20)25(31)23-24(18-8-5-4-6-9-18)30(27(33)26(23)32)28-29-21-13-12-17(2)15-22(21)35-28/h4-13,15-16,24,31H,3,14H2,1-2H3/b25-23+. The maximum Gasteiger partial charge on any atom is 0.301 e. The lowest BCUT2D eigenvalue weighted by Gasteiger charge is -2.23. The highest BCUT2D eigenvalue weighted by Gasteiger charge is 2.48. The predicted octanol–water partition coefficient (Wildman–Crippen LogP) is 6.02. The van der Waals surface area contributed by atoms with E-state index in [-0.39, 0.29) is 11.3 Å². The largest absolute Gasteiger partial charge is 0.507 e. The molecule has 0 spiro atoms. The minimum atomic E-state index is -0.807. The molecule has 4 aromatic rings. The summed E-state index contributed by atoms with van der Waals surface area (Å²) in [6.07, 6.45) is 0.844. The molecule has 1 saturated heterocycles. The first-order valence-corrected chi connectivity index (χ1v) is 12.3. The molecule has 0 radical (unpaired) electrons. The highest BCUT2D eigenvalue weighted by molar-refractivity contribution is 7.22. The molecule has 0 bridgehead atoms. The van der Waals surface area contributed by atoms with E-state index in [0.29, 0.717) is 28.6 Å². The fraction of sp³-hybridized carbons (Fsp3) is 0.179. The average molecular weight is 485 g/mol. The van der Waals surface area contributed by atoms with Crippen molar-refractivity contribution >= 4 is 44.1 Å². The number of amides is 1. The number of carbonyl (C=O) groups excluding carboxylic acids is 2. The van der Waals surface area contributed by atoms with Gasteiger partial charge in [-0.1, -0.05) is 66.8 Å². The highest BCUT2D eigenvalue weighted by Crippen LogP contribution is 2.44. The number of ether oxygens (including phenoxy) is 1. The molecule has 35 heavy (non-hydrogen) atoms. The zero-order valence-corrected chi connectivity index (χ0v) is 20.2. The third-order valence-corrected chi connectivity index (χ3v) is 6.90. The van der Waals surface area contributed by atoms with Crippen LogP contribution in [0.1, 0.15) is 36.1 Å². The number of benzene rings is 3. The summed E-state index contributed by atoms with van der Waals surface area (Å²) in [6.45, 7) is 4.54. The van der Waals surface area contributed by atoms with Crippen molar-refractivity contribution in [2.75, 3.05) is 11.5 Å². The lowest BCUT2D eigenvalue weighted by molar-refractivity contribution is -0.132. The van der Waals surface area contributed by atoms with Crippen LogP contribution in [0.15, 0.2) is 78.4 Å². The van der Waals surface area contributed by atoms with Crippen molar-refractivity contribution in [3.63, 3.8) is 0 Å². The van der Waals surface area contributed by atoms with E-state index in [1.165, 1.54) is 16.2 Å². The van der Waals surface area contributed by atoms with Gasteiger partial charge in [-0.25, -0.2) is 4.98 Å². The van der Waals surface area contributed by atoms with Crippen molar-refractivity contribution in [3.05, 3.63) is 95.1 Å². The number of aryl methyl sites for hydroxylation is 1. The first-order valence-electron chi connectivity index (χ1n) is 11.4. The maximum atomic E-state index is 13.4. The van der Waals surface area contributed by atoms with E-state index in [1.807, 2.05) is 62.4 Å². The van der Waals surface area contributed by atoms with Crippen molar-refractivity contribution in [3.8, 4) is 5.75 Å². The number of hydrogen-bond donors (Lipinski definition) is 1. The summed E-state index contributed by atoms with van der Waals surface area (Å²) in [6, 6.07) is 21.2. The molecule has 2 heterocycles. The van der Waals surface area contributed by atoms with Gasteiger partial charge in [0, 0.05) is 5.56 Å². The smallest absolute Gasteiger partial charge is 0.301 e. The van der Waals surface area contributed by atoms with Gasteiger partial charge in [-0.3, -0.25) is 14.5 Å². The van der Waals surface area contributed by atoms with Crippen LogP contribution in [0.25, 0.3) is 16.0 Å². The van der Waals surface area contributed by atoms with Crippen LogP contribution in [0, 0.1) is 6.92 Å². The number of rotatable bonds is 6. The first kappa shape index (κ1) is 22.8. The van der Waals surface area contributed by atoms with Crippen molar-refractivity contribution in [1.29, 1.82) is 0 Å². The highest BCUT2D eigenvalue weighted by atomic mass is 32.1. The summed E-state index contributed by atoms with van der Waals surface area (Å²) < 4.78 is 6.62. The Kier molecular flexibility index (Phi) is 6.09. The fourth-order valence-corrected chi connectivity index (χ4v) is 5.30. The van der Waals surface area contributed by atoms with Gasteiger partial charge in [0.25, 0.3) is 5.78 Å². The van der Waals surface area contributed by atoms with Crippen LogP contribution in [0.4, 0.5) is 5.13 Å². The number of nitrogens with zero attached hydrogens (tertiary/aromatic N) is 2. The normalized spacial score (nSPS) is 17.3. The van der Waals surface area contributed by atoms with Crippen LogP contribution >= 0.6 is 11.3 Å². The average Bonchev–Trinajstić information content (AvgIpc) is 3.40. The SMILES string of the molecule is CCCOc1cccc(/C(O)=C2\C(=O)C(=O)N(c3nc4ccc(C)cc4s3)C2c2ccccc2)c1. The first-order chi connectivity index (χ1) is 17.0. The van der Waals surface area contributed by atoms with Crippen LogP contribution in [0.2, 0.25) is 0 Å². The van der Waals surface area contributed by atoms with Gasteiger partial charge in [0.05, 0.1) is 28.4 Å². The maximum absolute atomic E-state index is 13.4. The van der Waals surface area contributed by atoms with Gasteiger partial charge in [-0.2, -0.15) is 0 Å². The van der Waals surface area contributed by atoms with Gasteiger partial charge in [-0.15, -0.1) is 0 Å². The third-order valence-electron chi connectivity index (χ3n) is 5.88. The molecule has 1 aromatic heterocycles. The Labute approximate surface area is 207 Å². The molecule has 1 amide bonds. The molecule has 0 aliphatic carbocycles. The van der Waals surface area contributed by atoms with E-state index in [0.717, 1.165) is 22.2 Å². The summed E-state index contributed by atoms with van der Waals surface area (Å²) in [5, 5.41) is 11.8. The number of thiazole rings is 1. The molecule has 1 unspecified atom stereocenters. The number of hydrogen-bond acceptors (Lipinski definition) is 6. The topological polar surface area (TPSA) is 79.7 Å². The van der Waals surface area contributed by atoms with E-state index in [4.69, 9.17) is 4.74 Å². The summed E-state index contributed by atoms with van der Waals surface area (Å²) in [5.74, 6) is -1.11. The van der Waals surface area contributed by atoms with E-state index in [1.54, 1.807) is 24.3 Å². The Morgan fingerprint density at radius 3 is 2.63 bits per heavy atom. The minimum Gasteiger partial charge on any atom is -0.507 e. The van der Waals surface area contributed by atoms with Crippen LogP contribution in [0.3, 0.4) is 0 Å². The number of fused-ring (bicyclic) bond motifs is 1. The Hall–Kier alpha value is -3.97.